The van der Waals surface area contributed by atoms with Crippen molar-refractivity contribution in [2.75, 3.05) is 32.8 Å². The number of ether oxygens (including phenoxy) is 2. The van der Waals surface area contributed by atoms with E-state index in [0.717, 1.165) is 50.8 Å². The molecule has 0 saturated carbocycles. The molecule has 5 nitrogen and oxygen atoms in total. The normalized spacial score (nSPS) is 11.6. The van der Waals surface area contributed by atoms with Gasteiger partial charge in [-0.1, -0.05) is 18.2 Å². The summed E-state index contributed by atoms with van der Waals surface area (Å²) in [6.45, 7) is 10.1. The number of nitrogens with zero attached hydrogens (tertiary/aromatic N) is 1. The van der Waals surface area contributed by atoms with Crippen molar-refractivity contribution in [3.8, 4) is 5.75 Å². The van der Waals surface area contributed by atoms with Gasteiger partial charge in [0.1, 0.15) is 5.75 Å². The summed E-state index contributed by atoms with van der Waals surface area (Å²) in [4.78, 5) is 4.55. The van der Waals surface area contributed by atoms with Crippen molar-refractivity contribution >= 4 is 5.96 Å². The zero-order valence-corrected chi connectivity index (χ0v) is 14.7. The van der Waals surface area contributed by atoms with Crippen LogP contribution in [0.4, 0.5) is 0 Å². The molecular formula is C18H31N3O2. The molecule has 0 aliphatic heterocycles. The Morgan fingerprint density at radius 1 is 1.09 bits per heavy atom. The minimum Gasteiger partial charge on any atom is -0.494 e. The van der Waals surface area contributed by atoms with Gasteiger partial charge in [0, 0.05) is 32.7 Å². The van der Waals surface area contributed by atoms with Crippen LogP contribution in [0.15, 0.2) is 35.3 Å². The van der Waals surface area contributed by atoms with Gasteiger partial charge in [0.25, 0.3) is 0 Å². The van der Waals surface area contributed by atoms with Gasteiger partial charge >= 0.3 is 0 Å². The third-order valence-corrected chi connectivity index (χ3v) is 2.99. The van der Waals surface area contributed by atoms with Crippen molar-refractivity contribution in [3.63, 3.8) is 0 Å². The van der Waals surface area contributed by atoms with E-state index in [0.29, 0.717) is 12.7 Å². The average molecular weight is 321 g/mol. The van der Waals surface area contributed by atoms with Gasteiger partial charge < -0.3 is 20.1 Å². The number of benzene rings is 1. The molecule has 0 heterocycles. The number of hydrogen-bond donors (Lipinski definition) is 2. The minimum atomic E-state index is 0.293. The molecule has 0 aliphatic carbocycles. The van der Waals surface area contributed by atoms with Crippen LogP contribution >= 0.6 is 0 Å². The van der Waals surface area contributed by atoms with E-state index in [1.165, 1.54) is 0 Å². The van der Waals surface area contributed by atoms with Crippen LogP contribution in [0.25, 0.3) is 0 Å². The molecule has 5 heteroatoms. The zero-order valence-electron chi connectivity index (χ0n) is 14.7. The van der Waals surface area contributed by atoms with Crippen molar-refractivity contribution in [2.45, 2.75) is 39.7 Å². The van der Waals surface area contributed by atoms with E-state index in [2.05, 4.69) is 36.4 Å². The zero-order chi connectivity index (χ0) is 16.8. The molecule has 1 aromatic carbocycles. The Bertz CT molecular complexity index is 422. The Labute approximate surface area is 140 Å². The largest absolute Gasteiger partial charge is 0.494 e. The van der Waals surface area contributed by atoms with Crippen LogP contribution in [0.5, 0.6) is 5.75 Å². The summed E-state index contributed by atoms with van der Waals surface area (Å²) >= 11 is 0. The fourth-order valence-corrected chi connectivity index (χ4v) is 1.90. The minimum absolute atomic E-state index is 0.293. The van der Waals surface area contributed by atoms with Gasteiger partial charge in [0.05, 0.1) is 12.7 Å². The van der Waals surface area contributed by atoms with Crippen LogP contribution in [0.1, 0.15) is 33.6 Å². The third kappa shape index (κ3) is 10.6. The Morgan fingerprint density at radius 3 is 2.57 bits per heavy atom. The molecule has 0 unspecified atom stereocenters. The average Bonchev–Trinajstić information content (AvgIpc) is 2.54. The molecule has 130 valence electrons. The summed E-state index contributed by atoms with van der Waals surface area (Å²) in [6, 6.07) is 9.87. The predicted molar refractivity (Wildman–Crippen MR) is 96.2 cm³/mol. The van der Waals surface area contributed by atoms with Crippen LogP contribution in [-0.4, -0.2) is 44.9 Å². The molecule has 23 heavy (non-hydrogen) atoms. The molecule has 0 bridgehead atoms. The summed E-state index contributed by atoms with van der Waals surface area (Å²) in [5.41, 5.74) is 0. The lowest BCUT2D eigenvalue weighted by Crippen LogP contribution is -2.38. The fraction of sp³-hybridized carbons (Fsp3) is 0.611. The summed E-state index contributed by atoms with van der Waals surface area (Å²) in [6.07, 6.45) is 2.16. The van der Waals surface area contributed by atoms with E-state index in [1.54, 1.807) is 0 Å². The van der Waals surface area contributed by atoms with Gasteiger partial charge in [0.15, 0.2) is 5.96 Å². The van der Waals surface area contributed by atoms with Gasteiger partial charge in [-0.25, -0.2) is 0 Å². The molecule has 0 atom stereocenters. The van der Waals surface area contributed by atoms with Crippen molar-refractivity contribution in [1.82, 2.24) is 10.6 Å². The van der Waals surface area contributed by atoms with Crippen molar-refractivity contribution in [2.24, 2.45) is 4.99 Å². The maximum absolute atomic E-state index is 5.66. The monoisotopic (exact) mass is 321 g/mol. The topological polar surface area (TPSA) is 54.9 Å². The van der Waals surface area contributed by atoms with E-state index in [9.17, 15) is 0 Å². The molecular weight excluding hydrogens is 290 g/mol. The lowest BCUT2D eigenvalue weighted by Gasteiger charge is -2.12. The first-order chi connectivity index (χ1) is 11.2. The van der Waals surface area contributed by atoms with E-state index in [-0.39, 0.29) is 0 Å². The highest BCUT2D eigenvalue weighted by Crippen LogP contribution is 2.08. The van der Waals surface area contributed by atoms with Crippen molar-refractivity contribution < 1.29 is 9.47 Å². The van der Waals surface area contributed by atoms with E-state index >= 15 is 0 Å². The lowest BCUT2D eigenvalue weighted by atomic mass is 10.3. The van der Waals surface area contributed by atoms with Crippen LogP contribution in [-0.2, 0) is 4.74 Å². The van der Waals surface area contributed by atoms with Gasteiger partial charge in [-0.15, -0.1) is 0 Å². The lowest BCUT2D eigenvalue weighted by molar-refractivity contribution is 0.0776. The predicted octanol–water partition coefficient (Wildman–Crippen LogP) is 2.83. The second-order valence-electron chi connectivity index (χ2n) is 5.48. The molecule has 2 N–H and O–H groups in total. The van der Waals surface area contributed by atoms with Gasteiger partial charge in [-0.3, -0.25) is 4.99 Å². The number of hydrogen-bond acceptors (Lipinski definition) is 3. The second kappa shape index (κ2) is 12.8. The number of para-hydroxylation sites is 1. The standard InChI is InChI=1S/C18H31N3O2/c1-4-19-18(20-12-8-14-22-16(2)3)21-13-9-15-23-17-10-6-5-7-11-17/h5-7,10-11,16H,4,8-9,12-15H2,1-3H3,(H2,19,20,21). The van der Waals surface area contributed by atoms with E-state index < -0.39 is 0 Å². The number of guanidine groups is 1. The maximum atomic E-state index is 5.66. The van der Waals surface area contributed by atoms with E-state index in [1.807, 2.05) is 30.3 Å². The molecule has 0 radical (unpaired) electrons. The number of rotatable bonds is 11. The van der Waals surface area contributed by atoms with Crippen LogP contribution < -0.4 is 15.4 Å². The molecule has 0 saturated heterocycles. The molecule has 0 aromatic heterocycles. The molecule has 1 rings (SSSR count). The molecule has 0 fully saturated rings. The van der Waals surface area contributed by atoms with Crippen molar-refractivity contribution in [1.29, 1.82) is 0 Å². The molecule has 0 aliphatic rings. The highest BCUT2D eigenvalue weighted by atomic mass is 16.5. The van der Waals surface area contributed by atoms with Crippen LogP contribution in [0.2, 0.25) is 0 Å². The molecule has 0 amide bonds. The van der Waals surface area contributed by atoms with Gasteiger partial charge in [-0.2, -0.15) is 0 Å². The third-order valence-electron chi connectivity index (χ3n) is 2.99. The quantitative estimate of drug-likeness (QED) is 0.374. The Balaban J connectivity index is 2.15. The highest BCUT2D eigenvalue weighted by Gasteiger charge is 1.98. The van der Waals surface area contributed by atoms with Gasteiger partial charge in [-0.05, 0) is 39.3 Å². The molecule has 1 aromatic rings. The van der Waals surface area contributed by atoms with Crippen molar-refractivity contribution in [3.05, 3.63) is 30.3 Å². The van der Waals surface area contributed by atoms with Gasteiger partial charge in [0.2, 0.25) is 0 Å². The maximum Gasteiger partial charge on any atom is 0.191 e. The number of nitrogens with one attached hydrogen (secondary N) is 2. The summed E-state index contributed by atoms with van der Waals surface area (Å²) in [5, 5.41) is 6.57. The fourth-order valence-electron chi connectivity index (χ4n) is 1.90. The Hall–Kier alpha value is -1.75. The molecule has 0 spiro atoms. The first kappa shape index (κ1) is 19.3. The summed E-state index contributed by atoms with van der Waals surface area (Å²) < 4.78 is 11.2. The summed E-state index contributed by atoms with van der Waals surface area (Å²) in [7, 11) is 0. The highest BCUT2D eigenvalue weighted by molar-refractivity contribution is 5.79. The smallest absolute Gasteiger partial charge is 0.191 e. The Morgan fingerprint density at radius 2 is 1.87 bits per heavy atom. The SMILES string of the molecule is CCNC(=NCCCOc1ccccc1)NCCCOC(C)C. The number of aliphatic imine (C=N–C) groups is 1. The first-order valence-electron chi connectivity index (χ1n) is 8.54. The van der Waals surface area contributed by atoms with Crippen LogP contribution in [0.3, 0.4) is 0 Å². The Kier molecular flexibility index (Phi) is 10.7. The first-order valence-corrected chi connectivity index (χ1v) is 8.54. The summed E-state index contributed by atoms with van der Waals surface area (Å²) in [5.74, 6) is 1.77. The van der Waals surface area contributed by atoms with Crippen LogP contribution in [0, 0.1) is 0 Å². The second-order valence-corrected chi connectivity index (χ2v) is 5.48. The van der Waals surface area contributed by atoms with E-state index in [4.69, 9.17) is 9.47 Å².